The van der Waals surface area contributed by atoms with Crippen molar-refractivity contribution in [3.05, 3.63) is 29.8 Å². The average Bonchev–Trinajstić information content (AvgIpc) is 2.38. The number of hydrogen-bond acceptors (Lipinski definition) is 3. The summed E-state index contributed by atoms with van der Waals surface area (Å²) < 4.78 is 5.04. The van der Waals surface area contributed by atoms with Crippen molar-refractivity contribution in [1.82, 2.24) is 5.32 Å². The van der Waals surface area contributed by atoms with Crippen molar-refractivity contribution >= 4 is 11.9 Å². The van der Waals surface area contributed by atoms with Gasteiger partial charge in [-0.05, 0) is 30.5 Å². The third-order valence-electron chi connectivity index (χ3n) is 2.93. The second kappa shape index (κ2) is 5.53. The number of carboxylic acid groups (broad SMARTS) is 1. The number of piperidine rings is 1. The van der Waals surface area contributed by atoms with Crippen LogP contribution in [0.5, 0.6) is 5.75 Å². The largest absolute Gasteiger partial charge is 0.482 e. The number of carbonyl (C=O) groups is 2. The van der Waals surface area contributed by atoms with E-state index in [-0.39, 0.29) is 18.4 Å². The number of amides is 1. The summed E-state index contributed by atoms with van der Waals surface area (Å²) in [4.78, 5) is 22.0. The van der Waals surface area contributed by atoms with Gasteiger partial charge >= 0.3 is 5.97 Å². The highest BCUT2D eigenvalue weighted by atomic mass is 16.5. The van der Waals surface area contributed by atoms with Gasteiger partial charge in [-0.25, -0.2) is 4.79 Å². The van der Waals surface area contributed by atoms with Crippen molar-refractivity contribution in [3.63, 3.8) is 0 Å². The lowest BCUT2D eigenvalue weighted by Gasteiger charge is -2.22. The number of rotatable bonds is 4. The average molecular weight is 249 g/mol. The molecule has 1 amide bonds. The third kappa shape index (κ3) is 3.00. The first-order chi connectivity index (χ1) is 8.66. The van der Waals surface area contributed by atoms with Crippen LogP contribution in [0.3, 0.4) is 0 Å². The molecule has 0 saturated carbocycles. The van der Waals surface area contributed by atoms with Gasteiger partial charge in [-0.1, -0.05) is 12.1 Å². The van der Waals surface area contributed by atoms with Crippen LogP contribution in [0.15, 0.2) is 24.3 Å². The van der Waals surface area contributed by atoms with Crippen LogP contribution in [0.1, 0.15) is 24.3 Å². The minimum absolute atomic E-state index is 0.0560. The predicted octanol–water partition coefficient (Wildman–Crippen LogP) is 1.14. The molecule has 2 rings (SSSR count). The Kier molecular flexibility index (Phi) is 3.82. The molecular weight excluding hydrogens is 234 g/mol. The first-order valence-electron chi connectivity index (χ1n) is 5.89. The second-order valence-electron chi connectivity index (χ2n) is 4.24. The standard InChI is InChI=1S/C13H15NO4/c15-12(16)8-18-10-5-3-9(4-6-10)11-2-1-7-14-13(11)17/h3-6,11H,1-2,7-8H2,(H,14,17)(H,15,16). The van der Waals surface area contributed by atoms with E-state index >= 15 is 0 Å². The fraction of sp³-hybridized carbons (Fsp3) is 0.385. The van der Waals surface area contributed by atoms with Gasteiger partial charge in [-0.15, -0.1) is 0 Å². The minimum atomic E-state index is -1.01. The lowest BCUT2D eigenvalue weighted by Crippen LogP contribution is -2.34. The highest BCUT2D eigenvalue weighted by molar-refractivity contribution is 5.84. The number of carboxylic acids is 1. The first kappa shape index (κ1) is 12.4. The van der Waals surface area contributed by atoms with E-state index in [0.29, 0.717) is 5.75 Å². The number of carbonyl (C=O) groups excluding carboxylic acids is 1. The zero-order valence-corrected chi connectivity index (χ0v) is 9.89. The number of nitrogens with one attached hydrogen (secondary N) is 1. The molecule has 96 valence electrons. The van der Waals surface area contributed by atoms with Crippen LogP contribution in [0, 0.1) is 0 Å². The minimum Gasteiger partial charge on any atom is -0.482 e. The van der Waals surface area contributed by atoms with E-state index in [2.05, 4.69) is 5.32 Å². The Labute approximate surface area is 105 Å². The zero-order chi connectivity index (χ0) is 13.0. The molecule has 0 bridgehead atoms. The summed E-state index contributed by atoms with van der Waals surface area (Å²) >= 11 is 0. The summed E-state index contributed by atoms with van der Waals surface area (Å²) in [5.41, 5.74) is 0.940. The van der Waals surface area contributed by atoms with E-state index in [4.69, 9.17) is 9.84 Å². The van der Waals surface area contributed by atoms with Crippen LogP contribution in [0.4, 0.5) is 0 Å². The number of ether oxygens (including phenoxy) is 1. The van der Waals surface area contributed by atoms with Gasteiger partial charge in [0, 0.05) is 6.54 Å². The molecule has 1 aromatic carbocycles. The van der Waals surface area contributed by atoms with Crippen LogP contribution < -0.4 is 10.1 Å². The Hall–Kier alpha value is -2.04. The van der Waals surface area contributed by atoms with Gasteiger partial charge in [0.25, 0.3) is 0 Å². The molecule has 0 aromatic heterocycles. The normalized spacial score (nSPS) is 19.1. The summed E-state index contributed by atoms with van der Waals surface area (Å²) in [6, 6.07) is 7.01. The number of benzene rings is 1. The van der Waals surface area contributed by atoms with Crippen molar-refractivity contribution in [2.75, 3.05) is 13.2 Å². The SMILES string of the molecule is O=C(O)COc1ccc(C2CCCNC2=O)cc1. The number of aliphatic carboxylic acids is 1. The van der Waals surface area contributed by atoms with Gasteiger partial charge in [-0.3, -0.25) is 4.79 Å². The summed E-state index contributed by atoms with van der Waals surface area (Å²) in [5.74, 6) is -0.559. The van der Waals surface area contributed by atoms with Crippen LogP contribution in [-0.4, -0.2) is 30.1 Å². The van der Waals surface area contributed by atoms with Gasteiger partial charge in [0.15, 0.2) is 6.61 Å². The molecule has 1 aliphatic heterocycles. The maximum Gasteiger partial charge on any atom is 0.341 e. The highest BCUT2D eigenvalue weighted by Crippen LogP contribution is 2.25. The Bertz CT molecular complexity index is 441. The first-order valence-corrected chi connectivity index (χ1v) is 5.89. The van der Waals surface area contributed by atoms with Crippen molar-refractivity contribution in [2.24, 2.45) is 0 Å². The molecule has 1 fully saturated rings. The van der Waals surface area contributed by atoms with E-state index in [0.717, 1.165) is 24.9 Å². The summed E-state index contributed by atoms with van der Waals surface area (Å²) in [7, 11) is 0. The van der Waals surface area contributed by atoms with Crippen LogP contribution in [-0.2, 0) is 9.59 Å². The fourth-order valence-corrected chi connectivity index (χ4v) is 2.03. The molecule has 1 unspecified atom stereocenters. The topological polar surface area (TPSA) is 75.6 Å². The molecule has 1 atom stereocenters. The summed E-state index contributed by atoms with van der Waals surface area (Å²) in [5, 5.41) is 11.3. The van der Waals surface area contributed by atoms with Crippen molar-refractivity contribution in [2.45, 2.75) is 18.8 Å². The molecule has 5 nitrogen and oxygen atoms in total. The monoisotopic (exact) mass is 249 g/mol. The Balaban J connectivity index is 2.02. The quantitative estimate of drug-likeness (QED) is 0.839. The van der Waals surface area contributed by atoms with E-state index in [1.807, 2.05) is 12.1 Å². The van der Waals surface area contributed by atoms with E-state index in [1.54, 1.807) is 12.1 Å². The molecule has 0 aliphatic carbocycles. The lowest BCUT2D eigenvalue weighted by molar-refractivity contribution is -0.139. The van der Waals surface area contributed by atoms with Gasteiger partial charge in [0.1, 0.15) is 5.75 Å². The fourth-order valence-electron chi connectivity index (χ4n) is 2.03. The Morgan fingerprint density at radius 2 is 2.11 bits per heavy atom. The van der Waals surface area contributed by atoms with E-state index < -0.39 is 5.97 Å². The van der Waals surface area contributed by atoms with Gasteiger partial charge in [0.05, 0.1) is 5.92 Å². The molecule has 1 aromatic rings. The Morgan fingerprint density at radius 1 is 1.39 bits per heavy atom. The smallest absolute Gasteiger partial charge is 0.341 e. The van der Waals surface area contributed by atoms with Crippen molar-refractivity contribution in [1.29, 1.82) is 0 Å². The third-order valence-corrected chi connectivity index (χ3v) is 2.93. The predicted molar refractivity (Wildman–Crippen MR) is 64.6 cm³/mol. The molecule has 1 saturated heterocycles. The summed E-state index contributed by atoms with van der Waals surface area (Å²) in [6.07, 6.45) is 1.83. The van der Waals surface area contributed by atoms with Crippen LogP contribution in [0.2, 0.25) is 0 Å². The van der Waals surface area contributed by atoms with Crippen molar-refractivity contribution < 1.29 is 19.4 Å². The van der Waals surface area contributed by atoms with Gasteiger partial charge < -0.3 is 15.2 Å². The van der Waals surface area contributed by atoms with Gasteiger partial charge in [-0.2, -0.15) is 0 Å². The highest BCUT2D eigenvalue weighted by Gasteiger charge is 2.23. The molecular formula is C13H15NO4. The van der Waals surface area contributed by atoms with Crippen LogP contribution >= 0.6 is 0 Å². The molecule has 5 heteroatoms. The maximum atomic E-state index is 11.7. The molecule has 2 N–H and O–H groups in total. The van der Waals surface area contributed by atoms with Crippen molar-refractivity contribution in [3.8, 4) is 5.75 Å². The number of hydrogen-bond donors (Lipinski definition) is 2. The van der Waals surface area contributed by atoms with Gasteiger partial charge in [0.2, 0.25) is 5.91 Å². The van der Waals surface area contributed by atoms with E-state index in [1.165, 1.54) is 0 Å². The lowest BCUT2D eigenvalue weighted by atomic mass is 9.91. The van der Waals surface area contributed by atoms with E-state index in [9.17, 15) is 9.59 Å². The molecule has 0 radical (unpaired) electrons. The second-order valence-corrected chi connectivity index (χ2v) is 4.24. The molecule has 1 aliphatic rings. The Morgan fingerprint density at radius 3 is 2.72 bits per heavy atom. The molecule has 1 heterocycles. The van der Waals surface area contributed by atoms with Crippen LogP contribution in [0.25, 0.3) is 0 Å². The maximum absolute atomic E-state index is 11.7. The summed E-state index contributed by atoms with van der Waals surface area (Å²) in [6.45, 7) is 0.387. The molecule has 18 heavy (non-hydrogen) atoms. The molecule has 0 spiro atoms. The zero-order valence-electron chi connectivity index (χ0n) is 9.89.